The van der Waals surface area contributed by atoms with E-state index in [-0.39, 0.29) is 0 Å². The van der Waals surface area contributed by atoms with E-state index in [4.69, 9.17) is 28.6 Å². The summed E-state index contributed by atoms with van der Waals surface area (Å²) in [4.78, 5) is 12.4. The molecule has 0 aliphatic carbocycles. The number of aryl methyl sites for hydroxylation is 1. The summed E-state index contributed by atoms with van der Waals surface area (Å²) in [5.74, 6) is -0.452. The zero-order valence-corrected chi connectivity index (χ0v) is 17.1. The normalized spacial score (nSPS) is 10.3. The number of hydrogen-bond acceptors (Lipinski definition) is 4. The van der Waals surface area contributed by atoms with Crippen LogP contribution in [0.4, 0.5) is 10.7 Å². The molecule has 3 rings (SSSR count). The van der Waals surface area contributed by atoms with Gasteiger partial charge >= 0.3 is 5.97 Å². The van der Waals surface area contributed by atoms with E-state index in [0.29, 0.717) is 26.3 Å². The van der Waals surface area contributed by atoms with Crippen molar-refractivity contribution in [3.63, 3.8) is 0 Å². The van der Waals surface area contributed by atoms with E-state index >= 15 is 0 Å². The highest BCUT2D eigenvalue weighted by atomic mass is 35.5. The molecule has 2 aromatic carbocycles. The lowest BCUT2D eigenvalue weighted by Crippen LogP contribution is -2.20. The van der Waals surface area contributed by atoms with Crippen LogP contribution in [0.2, 0.25) is 5.02 Å². The van der Waals surface area contributed by atoms with Crippen LogP contribution in [0.5, 0.6) is 0 Å². The number of thiophene rings is 1. The van der Waals surface area contributed by atoms with Crippen LogP contribution < -0.4 is 10.6 Å². The number of hydrogen-bond donors (Lipinski definition) is 2. The average molecular weight is 417 g/mol. The van der Waals surface area contributed by atoms with Gasteiger partial charge in [-0.25, -0.2) is 4.79 Å². The summed E-state index contributed by atoms with van der Waals surface area (Å²) < 4.78 is 4.98. The third kappa shape index (κ3) is 4.30. The van der Waals surface area contributed by atoms with Gasteiger partial charge in [0.25, 0.3) is 0 Å². The first kappa shape index (κ1) is 19.4. The molecule has 0 atom stereocenters. The molecule has 0 radical (unpaired) electrons. The van der Waals surface area contributed by atoms with E-state index in [9.17, 15) is 4.79 Å². The Morgan fingerprint density at radius 1 is 1.07 bits per heavy atom. The molecule has 0 aliphatic rings. The molecule has 0 aliphatic heterocycles. The summed E-state index contributed by atoms with van der Waals surface area (Å²) in [6, 6.07) is 15.2. The van der Waals surface area contributed by atoms with Crippen LogP contribution in [-0.2, 0) is 4.74 Å². The topological polar surface area (TPSA) is 50.4 Å². The quantitative estimate of drug-likeness (QED) is 0.405. The summed E-state index contributed by atoms with van der Waals surface area (Å²) in [6.07, 6.45) is 0. The van der Waals surface area contributed by atoms with E-state index in [0.717, 1.165) is 16.8 Å². The first-order valence-electron chi connectivity index (χ1n) is 8.09. The number of carbonyl (C=O) groups excluding carboxylic acids is 1. The maximum atomic E-state index is 12.4. The van der Waals surface area contributed by atoms with E-state index in [1.54, 1.807) is 6.07 Å². The predicted octanol–water partition coefficient (Wildman–Crippen LogP) is 5.97. The van der Waals surface area contributed by atoms with Crippen molar-refractivity contribution in [3.8, 4) is 11.1 Å². The number of ether oxygens (including phenoxy) is 1. The summed E-state index contributed by atoms with van der Waals surface area (Å²) in [6.45, 7) is 1.99. The second kappa shape index (κ2) is 8.52. The van der Waals surface area contributed by atoms with Crippen molar-refractivity contribution in [1.29, 1.82) is 0 Å². The molecule has 0 fully saturated rings. The summed E-state index contributed by atoms with van der Waals surface area (Å²) in [5, 5.41) is 9.68. The molecule has 3 aromatic rings. The molecule has 0 amide bonds. The minimum Gasteiger partial charge on any atom is -0.465 e. The van der Waals surface area contributed by atoms with Gasteiger partial charge in [0.1, 0.15) is 10.6 Å². The van der Waals surface area contributed by atoms with Crippen molar-refractivity contribution < 1.29 is 9.53 Å². The van der Waals surface area contributed by atoms with Crippen LogP contribution in [0.3, 0.4) is 0 Å². The third-order valence-electron chi connectivity index (χ3n) is 3.96. The number of benzene rings is 2. The second-order valence-electron chi connectivity index (χ2n) is 5.72. The number of methoxy groups -OCH3 is 1. The Labute approximate surface area is 172 Å². The number of para-hydroxylation sites is 1. The highest BCUT2D eigenvalue weighted by Crippen LogP contribution is 2.39. The van der Waals surface area contributed by atoms with Crippen LogP contribution in [0.15, 0.2) is 53.9 Å². The monoisotopic (exact) mass is 416 g/mol. The lowest BCUT2D eigenvalue weighted by molar-refractivity contribution is 0.0603. The number of anilines is 2. The van der Waals surface area contributed by atoms with Crippen molar-refractivity contribution in [1.82, 2.24) is 0 Å². The smallest absolute Gasteiger partial charge is 0.341 e. The number of esters is 1. The fraction of sp³-hybridized carbons (Fsp3) is 0.100. The van der Waals surface area contributed by atoms with Crippen molar-refractivity contribution in [2.24, 2.45) is 0 Å². The van der Waals surface area contributed by atoms with Gasteiger partial charge in [0.05, 0.1) is 7.11 Å². The number of rotatable bonds is 4. The minimum absolute atomic E-state index is 0.391. The molecule has 2 N–H and O–H groups in total. The summed E-state index contributed by atoms with van der Waals surface area (Å²) >= 11 is 13.1. The first-order valence-corrected chi connectivity index (χ1v) is 9.76. The highest BCUT2D eigenvalue weighted by molar-refractivity contribution is 7.80. The van der Waals surface area contributed by atoms with Gasteiger partial charge in [-0.1, -0.05) is 48.0 Å². The average Bonchev–Trinajstić information content (AvgIpc) is 3.06. The maximum Gasteiger partial charge on any atom is 0.341 e. The maximum absolute atomic E-state index is 12.4. The van der Waals surface area contributed by atoms with Gasteiger partial charge in [0.2, 0.25) is 0 Å². The van der Waals surface area contributed by atoms with Crippen molar-refractivity contribution >= 4 is 56.9 Å². The third-order valence-corrected chi connectivity index (χ3v) is 5.39. The lowest BCUT2D eigenvalue weighted by atomic mass is 10.0. The Hall–Kier alpha value is -2.41. The van der Waals surface area contributed by atoms with Gasteiger partial charge in [-0.05, 0) is 36.8 Å². The molecular weight excluding hydrogens is 400 g/mol. The van der Waals surface area contributed by atoms with Gasteiger partial charge in [0.15, 0.2) is 5.11 Å². The van der Waals surface area contributed by atoms with Gasteiger partial charge in [-0.15, -0.1) is 11.3 Å². The van der Waals surface area contributed by atoms with Crippen molar-refractivity contribution in [2.75, 3.05) is 17.7 Å². The zero-order chi connectivity index (χ0) is 19.4. The molecule has 138 valence electrons. The first-order chi connectivity index (χ1) is 13.0. The Morgan fingerprint density at radius 2 is 1.78 bits per heavy atom. The number of carbonyl (C=O) groups is 1. The largest absolute Gasteiger partial charge is 0.465 e. The molecule has 0 saturated carbocycles. The molecule has 1 heterocycles. The highest BCUT2D eigenvalue weighted by Gasteiger charge is 2.22. The lowest BCUT2D eigenvalue weighted by Gasteiger charge is -2.13. The van der Waals surface area contributed by atoms with Crippen molar-refractivity contribution in [3.05, 3.63) is 70.1 Å². The molecule has 0 spiro atoms. The fourth-order valence-corrected chi connectivity index (χ4v) is 4.07. The molecule has 4 nitrogen and oxygen atoms in total. The van der Waals surface area contributed by atoms with Gasteiger partial charge in [-0.2, -0.15) is 0 Å². The van der Waals surface area contributed by atoms with Gasteiger partial charge in [-0.3, -0.25) is 0 Å². The Morgan fingerprint density at radius 3 is 2.48 bits per heavy atom. The molecule has 1 aromatic heterocycles. The van der Waals surface area contributed by atoms with E-state index < -0.39 is 5.97 Å². The van der Waals surface area contributed by atoms with Crippen LogP contribution in [0, 0.1) is 6.92 Å². The van der Waals surface area contributed by atoms with E-state index in [2.05, 4.69) is 10.6 Å². The second-order valence-corrected chi connectivity index (χ2v) is 7.41. The van der Waals surface area contributed by atoms with Gasteiger partial charge < -0.3 is 15.4 Å². The Bertz CT molecular complexity index is 1000. The van der Waals surface area contributed by atoms with E-state index in [1.165, 1.54) is 18.4 Å². The van der Waals surface area contributed by atoms with E-state index in [1.807, 2.05) is 54.8 Å². The molecular formula is C20H17ClN2O2S2. The molecule has 0 bridgehead atoms. The predicted molar refractivity (Wildman–Crippen MR) is 117 cm³/mol. The van der Waals surface area contributed by atoms with Crippen LogP contribution in [-0.4, -0.2) is 18.2 Å². The van der Waals surface area contributed by atoms with Crippen LogP contribution in [0.1, 0.15) is 15.9 Å². The van der Waals surface area contributed by atoms with Crippen LogP contribution in [0.25, 0.3) is 11.1 Å². The summed E-state index contributed by atoms with van der Waals surface area (Å²) in [7, 11) is 1.35. The Kier molecular flexibility index (Phi) is 6.11. The molecule has 27 heavy (non-hydrogen) atoms. The Balaban J connectivity index is 1.92. The summed E-state index contributed by atoms with van der Waals surface area (Å²) in [5.41, 5.74) is 3.85. The minimum atomic E-state index is -0.452. The SMILES string of the molecule is COC(=O)c1c(-c2ccccc2Cl)csc1NC(=S)Nc1ccccc1C. The fourth-order valence-electron chi connectivity index (χ4n) is 2.60. The molecule has 0 saturated heterocycles. The number of halogens is 1. The molecule has 0 unspecified atom stereocenters. The van der Waals surface area contributed by atoms with Crippen LogP contribution >= 0.6 is 35.2 Å². The van der Waals surface area contributed by atoms with Gasteiger partial charge in [0, 0.05) is 27.2 Å². The number of nitrogens with one attached hydrogen (secondary N) is 2. The number of thiocarbonyl (C=S) groups is 1. The zero-order valence-electron chi connectivity index (χ0n) is 14.7. The standard InChI is InChI=1S/C20H17ClN2O2S2/c1-12-7-3-6-10-16(12)22-20(26)23-18-17(19(24)25-2)14(11-27-18)13-8-4-5-9-15(13)21/h3-11H,1-2H3,(H2,22,23,26). The van der Waals surface area contributed by atoms with Crippen molar-refractivity contribution in [2.45, 2.75) is 6.92 Å². The molecule has 7 heteroatoms.